The number of aliphatic hydroxyl groups excluding tert-OH is 1. The van der Waals surface area contributed by atoms with Crippen molar-refractivity contribution in [1.82, 2.24) is 0 Å². The molecule has 0 heterocycles. The Bertz CT molecular complexity index is 1090. The van der Waals surface area contributed by atoms with Crippen molar-refractivity contribution in [2.45, 2.75) is 119 Å². The second-order valence-corrected chi connectivity index (χ2v) is 12.7. The van der Waals surface area contributed by atoms with Gasteiger partial charge in [0.15, 0.2) is 0 Å². The van der Waals surface area contributed by atoms with Crippen molar-refractivity contribution < 1.29 is 43.2 Å². The fourth-order valence-corrected chi connectivity index (χ4v) is 7.52. The maximum Gasteiger partial charge on any atom is 0.308 e. The van der Waals surface area contributed by atoms with E-state index in [1.165, 1.54) is 20.8 Å². The lowest BCUT2D eigenvalue weighted by atomic mass is 9.49. The highest BCUT2D eigenvalue weighted by molar-refractivity contribution is 5.72. The van der Waals surface area contributed by atoms with Crippen LogP contribution in [-0.4, -0.2) is 59.5 Å². The van der Waals surface area contributed by atoms with Crippen molar-refractivity contribution in [2.75, 3.05) is 0 Å². The molecule has 2 bridgehead atoms. The third-order valence-electron chi connectivity index (χ3n) is 9.48. The van der Waals surface area contributed by atoms with Gasteiger partial charge in [-0.05, 0) is 42.7 Å². The Labute approximate surface area is 237 Å². The van der Waals surface area contributed by atoms with Crippen LogP contribution in [0, 0.1) is 28.6 Å². The average molecular weight is 563 g/mol. The van der Waals surface area contributed by atoms with Gasteiger partial charge in [-0.25, -0.2) is 0 Å². The summed E-state index contributed by atoms with van der Waals surface area (Å²) >= 11 is 0. The molecule has 0 aromatic rings. The Balaban J connectivity index is 2.33. The molecular weight excluding hydrogens is 516 g/mol. The van der Waals surface area contributed by atoms with Crippen LogP contribution >= 0.6 is 0 Å². The Morgan fingerprint density at radius 2 is 1.57 bits per heavy atom. The smallest absolute Gasteiger partial charge is 0.308 e. The van der Waals surface area contributed by atoms with E-state index in [1.807, 2.05) is 41.5 Å². The summed E-state index contributed by atoms with van der Waals surface area (Å²) in [5.41, 5.74) is 0.259. The third kappa shape index (κ3) is 5.71. The van der Waals surface area contributed by atoms with E-state index in [0.717, 1.165) is 11.1 Å². The van der Waals surface area contributed by atoms with Gasteiger partial charge in [-0.2, -0.15) is 0 Å². The van der Waals surface area contributed by atoms with Crippen molar-refractivity contribution >= 4 is 23.9 Å². The molecule has 0 amide bonds. The van der Waals surface area contributed by atoms with Gasteiger partial charge in [-0.1, -0.05) is 46.8 Å². The molecule has 9 atom stereocenters. The van der Waals surface area contributed by atoms with Gasteiger partial charge in [-0.15, -0.1) is 0 Å². The molecule has 0 aromatic carbocycles. The van der Waals surface area contributed by atoms with Crippen molar-refractivity contribution in [1.29, 1.82) is 0 Å². The number of hydrogen-bond donors (Lipinski definition) is 1. The van der Waals surface area contributed by atoms with Crippen LogP contribution in [0.4, 0.5) is 0 Å². The lowest BCUT2D eigenvalue weighted by molar-refractivity contribution is -0.203. The highest BCUT2D eigenvalue weighted by Gasteiger charge is 2.64. The van der Waals surface area contributed by atoms with Crippen molar-refractivity contribution in [3.63, 3.8) is 0 Å². The monoisotopic (exact) mass is 562 g/mol. The first kappa shape index (κ1) is 31.8. The molecule has 40 heavy (non-hydrogen) atoms. The van der Waals surface area contributed by atoms with E-state index < -0.39 is 71.1 Å². The number of rotatable bonds is 6. The van der Waals surface area contributed by atoms with E-state index in [4.69, 9.17) is 18.9 Å². The summed E-state index contributed by atoms with van der Waals surface area (Å²) in [6.07, 6.45) is -2.67. The summed E-state index contributed by atoms with van der Waals surface area (Å²) < 4.78 is 23.8. The maximum absolute atomic E-state index is 13.1. The number of carbonyl (C=O) groups excluding carboxylic acids is 4. The first-order valence-electron chi connectivity index (χ1n) is 14.3. The molecule has 2 saturated carbocycles. The summed E-state index contributed by atoms with van der Waals surface area (Å²) in [5.74, 6) is -3.48. The van der Waals surface area contributed by atoms with Crippen LogP contribution in [-0.2, 0) is 38.1 Å². The van der Waals surface area contributed by atoms with Gasteiger partial charge in [-0.3, -0.25) is 19.2 Å². The summed E-state index contributed by atoms with van der Waals surface area (Å²) in [7, 11) is 0. The highest BCUT2D eigenvalue weighted by atomic mass is 16.6. The van der Waals surface area contributed by atoms with E-state index in [2.05, 4.69) is 6.58 Å². The first-order valence-corrected chi connectivity index (χ1v) is 14.3. The fourth-order valence-electron chi connectivity index (χ4n) is 7.52. The Morgan fingerprint density at radius 3 is 2.10 bits per heavy atom. The van der Waals surface area contributed by atoms with Crippen molar-refractivity contribution in [3.05, 3.63) is 23.3 Å². The number of esters is 4. The Hall–Kier alpha value is -2.68. The minimum Gasteiger partial charge on any atom is -0.461 e. The van der Waals surface area contributed by atoms with E-state index >= 15 is 0 Å². The SMILES string of the molecule is C=C1[C@@H](OC(C)=O)CC[C@@]2(C)[C@@H](O)[C@H](OC(C)=O)C3=C(C)C[C@H](OC(=O)C(C)CC)[C@@H]([C@@H](OC(C)=O)[C@H]12)C3(C)C. The van der Waals surface area contributed by atoms with Gasteiger partial charge in [0.05, 0.1) is 5.92 Å². The maximum atomic E-state index is 13.1. The molecular formula is C31H46O9. The summed E-state index contributed by atoms with van der Waals surface area (Å²) in [6, 6.07) is 0. The van der Waals surface area contributed by atoms with E-state index in [-0.39, 0.29) is 11.9 Å². The van der Waals surface area contributed by atoms with Gasteiger partial charge in [0, 0.05) is 44.4 Å². The van der Waals surface area contributed by atoms with Gasteiger partial charge >= 0.3 is 23.9 Å². The first-order chi connectivity index (χ1) is 18.5. The number of carbonyl (C=O) groups is 4. The Morgan fingerprint density at radius 1 is 1.00 bits per heavy atom. The topological polar surface area (TPSA) is 125 Å². The molecule has 0 spiro atoms. The van der Waals surface area contributed by atoms with E-state index in [1.54, 1.807) is 0 Å². The van der Waals surface area contributed by atoms with Crippen LogP contribution in [0.2, 0.25) is 0 Å². The molecule has 3 aliphatic carbocycles. The molecule has 9 heteroatoms. The van der Waals surface area contributed by atoms with Gasteiger partial charge in [0.1, 0.15) is 30.5 Å². The lowest BCUT2D eigenvalue weighted by Crippen LogP contribution is -2.65. The zero-order valence-electron chi connectivity index (χ0n) is 25.4. The molecule has 0 saturated heterocycles. The highest BCUT2D eigenvalue weighted by Crippen LogP contribution is 2.60. The standard InChI is InChI=1S/C31H46O9/c1-11-15(2)29(36)40-22-14-16(3)23-27(39-20(7)34)28(35)31(10)13-12-21(37-18(5)32)17(4)24(31)26(38-19(6)33)25(22)30(23,8)9/h15,21-22,24-28,35H,4,11-14H2,1-3,5-10H3/t15?,21-,22-,24-,25-,26-,27+,28-,31+/m0/s1. The zero-order valence-corrected chi connectivity index (χ0v) is 25.4. The molecule has 3 rings (SSSR count). The van der Waals surface area contributed by atoms with Crippen molar-refractivity contribution in [2.24, 2.45) is 28.6 Å². The molecule has 1 unspecified atom stereocenters. The van der Waals surface area contributed by atoms with E-state index in [9.17, 15) is 24.3 Å². The molecule has 1 N–H and O–H groups in total. The van der Waals surface area contributed by atoms with Crippen LogP contribution in [0.3, 0.4) is 0 Å². The predicted octanol–water partition coefficient (Wildman–Crippen LogP) is 4.45. The molecule has 224 valence electrons. The minimum absolute atomic E-state index is 0.317. The molecule has 0 aliphatic heterocycles. The number of fused-ring (bicyclic) bond motifs is 3. The quantitative estimate of drug-likeness (QED) is 0.284. The van der Waals surface area contributed by atoms with Crippen LogP contribution in [0.15, 0.2) is 23.3 Å². The second kappa shape index (κ2) is 11.7. The van der Waals surface area contributed by atoms with Crippen LogP contribution in [0.25, 0.3) is 0 Å². The van der Waals surface area contributed by atoms with E-state index in [0.29, 0.717) is 31.3 Å². The minimum atomic E-state index is -1.18. The van der Waals surface area contributed by atoms with Crippen LogP contribution in [0.1, 0.15) is 88.0 Å². The molecule has 0 aromatic heterocycles. The predicted molar refractivity (Wildman–Crippen MR) is 147 cm³/mol. The largest absolute Gasteiger partial charge is 0.461 e. The van der Waals surface area contributed by atoms with Crippen LogP contribution < -0.4 is 0 Å². The molecule has 0 radical (unpaired) electrons. The van der Waals surface area contributed by atoms with Crippen LogP contribution in [0.5, 0.6) is 0 Å². The number of hydrogen-bond acceptors (Lipinski definition) is 9. The zero-order chi connectivity index (χ0) is 30.3. The number of aliphatic hydroxyl groups is 1. The van der Waals surface area contributed by atoms with Crippen molar-refractivity contribution in [3.8, 4) is 0 Å². The fraction of sp³-hybridized carbons (Fsp3) is 0.742. The number of ether oxygens (including phenoxy) is 4. The summed E-state index contributed by atoms with van der Waals surface area (Å²) in [4.78, 5) is 50.2. The summed E-state index contributed by atoms with van der Waals surface area (Å²) in [6.45, 7) is 19.6. The average Bonchev–Trinajstić information content (AvgIpc) is 2.82. The second-order valence-electron chi connectivity index (χ2n) is 12.7. The molecule has 9 nitrogen and oxygen atoms in total. The van der Waals surface area contributed by atoms with Gasteiger partial charge in [0.2, 0.25) is 0 Å². The lowest BCUT2D eigenvalue weighted by Gasteiger charge is -2.60. The molecule has 2 fully saturated rings. The Kier molecular flexibility index (Phi) is 9.29. The third-order valence-corrected chi connectivity index (χ3v) is 9.48. The normalized spacial score (nSPS) is 35.9. The summed E-state index contributed by atoms with van der Waals surface area (Å²) in [5, 5.41) is 12.1. The van der Waals surface area contributed by atoms with Gasteiger partial charge in [0.25, 0.3) is 0 Å². The molecule has 3 aliphatic rings. The van der Waals surface area contributed by atoms with Gasteiger partial charge < -0.3 is 24.1 Å².